The Morgan fingerprint density at radius 2 is 2.00 bits per heavy atom. The zero-order valence-electron chi connectivity index (χ0n) is 15.5. The van der Waals surface area contributed by atoms with Gasteiger partial charge in [0.2, 0.25) is 5.75 Å². The van der Waals surface area contributed by atoms with E-state index < -0.39 is 11.6 Å². The second-order valence-corrected chi connectivity index (χ2v) is 5.96. The summed E-state index contributed by atoms with van der Waals surface area (Å²) in [6, 6.07) is 5.13. The molecule has 0 aliphatic heterocycles. The second-order valence-electron chi connectivity index (χ2n) is 5.96. The Bertz CT molecular complexity index is 847. The first-order valence-electron chi connectivity index (χ1n) is 8.66. The zero-order valence-corrected chi connectivity index (χ0v) is 15.5. The molecule has 1 heterocycles. The topological polar surface area (TPSA) is 75.0 Å². The van der Waals surface area contributed by atoms with Gasteiger partial charge in [0.05, 0.1) is 18.1 Å². The Balaban J connectivity index is 2.48. The Morgan fingerprint density at radius 3 is 2.65 bits per heavy atom. The lowest BCUT2D eigenvalue weighted by Crippen LogP contribution is -2.16. The third kappa shape index (κ3) is 4.88. The van der Waals surface area contributed by atoms with Crippen molar-refractivity contribution < 1.29 is 23.4 Å². The van der Waals surface area contributed by atoms with Gasteiger partial charge >= 0.3 is 11.6 Å². The standard InChI is InChI=1S/C20H24O6/c1-5-6-7-8-12-23-16-11-9-10-15-17(16)26-20(22)19(24-13(2)3)18(15)25-14(4)21/h6-7,9-11,13H,5,8,12H2,1-4H3. The van der Waals surface area contributed by atoms with Crippen molar-refractivity contribution in [2.75, 3.05) is 6.61 Å². The lowest BCUT2D eigenvalue weighted by Gasteiger charge is -2.15. The van der Waals surface area contributed by atoms with Crippen molar-refractivity contribution in [3.8, 4) is 17.2 Å². The molecule has 26 heavy (non-hydrogen) atoms. The predicted octanol–water partition coefficient (Wildman–Crippen LogP) is 4.24. The Kier molecular flexibility index (Phi) is 6.83. The molecule has 6 heteroatoms. The number of para-hydroxylation sites is 1. The highest BCUT2D eigenvalue weighted by atomic mass is 16.6. The molecular formula is C20H24O6. The number of rotatable bonds is 8. The number of hydrogen-bond donors (Lipinski definition) is 0. The highest BCUT2D eigenvalue weighted by molar-refractivity contribution is 5.91. The largest absolute Gasteiger partial charge is 0.489 e. The van der Waals surface area contributed by atoms with E-state index in [9.17, 15) is 9.59 Å². The number of fused-ring (bicyclic) bond motifs is 1. The van der Waals surface area contributed by atoms with Crippen molar-refractivity contribution in [1.29, 1.82) is 0 Å². The van der Waals surface area contributed by atoms with Crippen molar-refractivity contribution in [3.05, 3.63) is 40.8 Å². The summed E-state index contributed by atoms with van der Waals surface area (Å²) in [7, 11) is 0. The van der Waals surface area contributed by atoms with Crippen LogP contribution in [0, 0.1) is 0 Å². The van der Waals surface area contributed by atoms with Gasteiger partial charge in [-0.05, 0) is 38.8 Å². The number of hydrogen-bond acceptors (Lipinski definition) is 6. The molecule has 0 fully saturated rings. The molecule has 2 aromatic rings. The molecule has 0 aliphatic carbocycles. The van der Waals surface area contributed by atoms with Crippen molar-refractivity contribution in [3.63, 3.8) is 0 Å². The number of allylic oxidation sites excluding steroid dienone is 1. The summed E-state index contributed by atoms with van der Waals surface area (Å²) in [5.74, 6) is -0.213. The number of carbonyl (C=O) groups is 1. The van der Waals surface area contributed by atoms with Gasteiger partial charge in [-0.1, -0.05) is 25.1 Å². The second kappa shape index (κ2) is 9.08. The van der Waals surface area contributed by atoms with E-state index in [1.165, 1.54) is 6.92 Å². The van der Waals surface area contributed by atoms with Crippen molar-refractivity contribution >= 4 is 16.9 Å². The van der Waals surface area contributed by atoms with Crippen LogP contribution in [-0.2, 0) is 4.79 Å². The first-order chi connectivity index (χ1) is 12.4. The summed E-state index contributed by atoms with van der Waals surface area (Å²) < 4.78 is 21.9. The van der Waals surface area contributed by atoms with E-state index in [2.05, 4.69) is 13.0 Å². The number of ether oxygens (including phenoxy) is 3. The summed E-state index contributed by atoms with van der Waals surface area (Å²) in [4.78, 5) is 23.9. The normalized spacial score (nSPS) is 11.3. The summed E-state index contributed by atoms with van der Waals surface area (Å²) in [6.07, 6.45) is 5.50. The van der Waals surface area contributed by atoms with Gasteiger partial charge in [-0.15, -0.1) is 0 Å². The van der Waals surface area contributed by atoms with E-state index in [4.69, 9.17) is 18.6 Å². The van der Waals surface area contributed by atoms with Gasteiger partial charge in [0.15, 0.2) is 17.1 Å². The monoisotopic (exact) mass is 360 g/mol. The first-order valence-corrected chi connectivity index (χ1v) is 8.66. The fraction of sp³-hybridized carbons (Fsp3) is 0.400. The van der Waals surface area contributed by atoms with E-state index in [0.29, 0.717) is 17.7 Å². The molecule has 2 rings (SSSR count). The van der Waals surface area contributed by atoms with Crippen LogP contribution in [0.25, 0.3) is 11.0 Å². The smallest absolute Gasteiger partial charge is 0.383 e. The first kappa shape index (κ1) is 19.6. The van der Waals surface area contributed by atoms with Crippen LogP contribution in [0.3, 0.4) is 0 Å². The molecule has 0 N–H and O–H groups in total. The molecule has 0 aliphatic rings. The molecule has 0 amide bonds. The van der Waals surface area contributed by atoms with Crippen molar-refractivity contribution in [1.82, 2.24) is 0 Å². The summed E-state index contributed by atoms with van der Waals surface area (Å²) in [5, 5.41) is 0.442. The van der Waals surface area contributed by atoms with Gasteiger partial charge in [0.1, 0.15) is 0 Å². The van der Waals surface area contributed by atoms with Crippen LogP contribution in [0.15, 0.2) is 39.6 Å². The maximum atomic E-state index is 12.4. The van der Waals surface area contributed by atoms with Crippen LogP contribution >= 0.6 is 0 Å². The minimum atomic E-state index is -0.718. The Labute approximate surface area is 152 Å². The average Bonchev–Trinajstić information content (AvgIpc) is 2.57. The van der Waals surface area contributed by atoms with Crippen LogP contribution in [0.5, 0.6) is 17.2 Å². The number of benzene rings is 1. The molecule has 0 spiro atoms. The van der Waals surface area contributed by atoms with Gasteiger partial charge < -0.3 is 18.6 Å². The third-order valence-electron chi connectivity index (χ3n) is 3.35. The molecule has 0 unspecified atom stereocenters. The van der Waals surface area contributed by atoms with Crippen LogP contribution in [0.2, 0.25) is 0 Å². The van der Waals surface area contributed by atoms with Crippen LogP contribution in [0.4, 0.5) is 0 Å². The Hall–Kier alpha value is -2.76. The molecule has 0 bridgehead atoms. The minimum absolute atomic E-state index is 0.0498. The van der Waals surface area contributed by atoms with Gasteiger partial charge in [-0.2, -0.15) is 0 Å². The van der Waals surface area contributed by atoms with Gasteiger partial charge in [-0.3, -0.25) is 4.79 Å². The third-order valence-corrected chi connectivity index (χ3v) is 3.35. The highest BCUT2D eigenvalue weighted by Crippen LogP contribution is 2.37. The molecule has 6 nitrogen and oxygen atoms in total. The summed E-state index contributed by atoms with van der Waals surface area (Å²) in [6.45, 7) is 7.30. The Morgan fingerprint density at radius 1 is 1.23 bits per heavy atom. The molecule has 1 aromatic carbocycles. The average molecular weight is 360 g/mol. The zero-order chi connectivity index (χ0) is 19.1. The van der Waals surface area contributed by atoms with Crippen LogP contribution in [0.1, 0.15) is 40.5 Å². The molecule has 1 aromatic heterocycles. The molecular weight excluding hydrogens is 336 g/mol. The van der Waals surface area contributed by atoms with E-state index in [0.717, 1.165) is 12.8 Å². The highest BCUT2D eigenvalue weighted by Gasteiger charge is 2.22. The molecule has 0 saturated heterocycles. The van der Waals surface area contributed by atoms with Gasteiger partial charge in [0, 0.05) is 6.92 Å². The maximum absolute atomic E-state index is 12.4. The number of carbonyl (C=O) groups excluding carboxylic acids is 1. The SMILES string of the molecule is CCC=CCCOc1cccc2c(OC(C)=O)c(OC(C)C)c(=O)oc12. The van der Waals surface area contributed by atoms with E-state index >= 15 is 0 Å². The lowest BCUT2D eigenvalue weighted by molar-refractivity contribution is -0.131. The van der Waals surface area contributed by atoms with Crippen molar-refractivity contribution in [2.45, 2.75) is 46.6 Å². The molecule has 140 valence electrons. The van der Waals surface area contributed by atoms with E-state index in [-0.39, 0.29) is 23.2 Å². The van der Waals surface area contributed by atoms with Crippen molar-refractivity contribution in [2.24, 2.45) is 0 Å². The van der Waals surface area contributed by atoms with Gasteiger partial charge in [-0.25, -0.2) is 4.79 Å². The summed E-state index contributed by atoms with van der Waals surface area (Å²) in [5.41, 5.74) is -0.492. The van der Waals surface area contributed by atoms with Gasteiger partial charge in [0.25, 0.3) is 0 Å². The minimum Gasteiger partial charge on any atom is -0.489 e. The fourth-order valence-corrected chi connectivity index (χ4v) is 2.37. The maximum Gasteiger partial charge on any atom is 0.383 e. The quantitative estimate of drug-likeness (QED) is 0.303. The predicted molar refractivity (Wildman–Crippen MR) is 99.1 cm³/mol. The lowest BCUT2D eigenvalue weighted by atomic mass is 10.2. The molecule has 0 saturated carbocycles. The van der Waals surface area contributed by atoms with E-state index in [1.54, 1.807) is 32.0 Å². The summed E-state index contributed by atoms with van der Waals surface area (Å²) >= 11 is 0. The van der Waals surface area contributed by atoms with Crippen LogP contribution in [-0.4, -0.2) is 18.7 Å². The molecule has 0 radical (unpaired) electrons. The molecule has 0 atom stereocenters. The fourth-order valence-electron chi connectivity index (χ4n) is 2.37. The number of esters is 1. The van der Waals surface area contributed by atoms with Crippen LogP contribution < -0.4 is 19.8 Å². The van der Waals surface area contributed by atoms with E-state index in [1.807, 2.05) is 6.08 Å².